The van der Waals surface area contributed by atoms with E-state index >= 15 is 0 Å². The molecule has 138 valence electrons. The summed E-state index contributed by atoms with van der Waals surface area (Å²) in [4.78, 5) is 30.0. The number of carbonyl (C=O) groups excluding carboxylic acids is 2. The standard InChI is InChI=1S/C19H23N3O4/c1-22(11-8-14-6-9-20-10-7-14)19(24)13-18(23)21-16-12-15(25-2)4-5-17(16)26-3/h4-7,9-10,12H,8,11,13H2,1-3H3,(H,21,23). The monoisotopic (exact) mass is 357 g/mol. The van der Waals surface area contributed by atoms with Gasteiger partial charge in [0, 0.05) is 32.1 Å². The number of methoxy groups -OCH3 is 2. The van der Waals surface area contributed by atoms with Gasteiger partial charge in [0.2, 0.25) is 11.8 Å². The Balaban J connectivity index is 1.89. The maximum atomic E-state index is 12.2. The molecule has 0 aliphatic heterocycles. The van der Waals surface area contributed by atoms with Crippen LogP contribution in [0.2, 0.25) is 0 Å². The van der Waals surface area contributed by atoms with E-state index in [1.807, 2.05) is 12.1 Å². The third-order valence-electron chi connectivity index (χ3n) is 3.90. The fourth-order valence-electron chi connectivity index (χ4n) is 2.35. The van der Waals surface area contributed by atoms with E-state index in [4.69, 9.17) is 9.47 Å². The van der Waals surface area contributed by atoms with E-state index in [-0.39, 0.29) is 12.3 Å². The third kappa shape index (κ3) is 5.47. The van der Waals surface area contributed by atoms with E-state index in [0.717, 1.165) is 5.56 Å². The van der Waals surface area contributed by atoms with Gasteiger partial charge in [-0.2, -0.15) is 0 Å². The van der Waals surface area contributed by atoms with Crippen LogP contribution in [0.1, 0.15) is 12.0 Å². The summed E-state index contributed by atoms with van der Waals surface area (Å²) in [6.45, 7) is 0.526. The minimum absolute atomic E-state index is 0.243. The molecule has 2 aromatic rings. The fourth-order valence-corrected chi connectivity index (χ4v) is 2.35. The van der Waals surface area contributed by atoms with Gasteiger partial charge in [0.05, 0.1) is 19.9 Å². The number of likely N-dealkylation sites (N-methyl/N-ethyl adjacent to an activating group) is 1. The zero-order valence-corrected chi connectivity index (χ0v) is 15.2. The summed E-state index contributed by atoms with van der Waals surface area (Å²) >= 11 is 0. The number of aromatic nitrogens is 1. The van der Waals surface area contributed by atoms with Crippen LogP contribution in [0.4, 0.5) is 5.69 Å². The molecular weight excluding hydrogens is 334 g/mol. The smallest absolute Gasteiger partial charge is 0.233 e. The lowest BCUT2D eigenvalue weighted by molar-refractivity contribution is -0.133. The second-order valence-corrected chi connectivity index (χ2v) is 5.71. The second-order valence-electron chi connectivity index (χ2n) is 5.71. The maximum absolute atomic E-state index is 12.2. The molecule has 2 rings (SSSR count). The fraction of sp³-hybridized carbons (Fsp3) is 0.316. The first-order valence-electron chi connectivity index (χ1n) is 8.18. The van der Waals surface area contributed by atoms with E-state index in [1.165, 1.54) is 14.2 Å². The van der Waals surface area contributed by atoms with E-state index in [1.54, 1.807) is 42.5 Å². The van der Waals surface area contributed by atoms with E-state index in [9.17, 15) is 9.59 Å². The highest BCUT2D eigenvalue weighted by atomic mass is 16.5. The number of hydrogen-bond acceptors (Lipinski definition) is 5. The molecule has 7 heteroatoms. The Morgan fingerprint density at radius 1 is 1.12 bits per heavy atom. The summed E-state index contributed by atoms with van der Waals surface area (Å²) in [7, 11) is 4.73. The van der Waals surface area contributed by atoms with Crippen LogP contribution >= 0.6 is 0 Å². The van der Waals surface area contributed by atoms with Gasteiger partial charge in [0.25, 0.3) is 0 Å². The summed E-state index contributed by atoms with van der Waals surface area (Å²) in [6.07, 6.45) is 3.89. The predicted octanol–water partition coefficient (Wildman–Crippen LogP) is 2.13. The normalized spacial score (nSPS) is 10.1. The molecule has 1 heterocycles. The summed E-state index contributed by atoms with van der Waals surface area (Å²) < 4.78 is 10.4. The van der Waals surface area contributed by atoms with Crippen molar-refractivity contribution in [1.29, 1.82) is 0 Å². The summed E-state index contributed by atoms with van der Waals surface area (Å²) in [5, 5.41) is 2.70. The molecule has 0 fully saturated rings. The summed E-state index contributed by atoms with van der Waals surface area (Å²) in [5.74, 6) is 0.426. The average molecular weight is 357 g/mol. The molecule has 7 nitrogen and oxygen atoms in total. The van der Waals surface area contributed by atoms with Crippen molar-refractivity contribution in [2.45, 2.75) is 12.8 Å². The molecule has 0 saturated heterocycles. The Bertz CT molecular complexity index is 750. The SMILES string of the molecule is COc1ccc(OC)c(NC(=O)CC(=O)N(C)CCc2ccncc2)c1. The maximum Gasteiger partial charge on any atom is 0.233 e. The average Bonchev–Trinajstić information content (AvgIpc) is 2.66. The number of anilines is 1. The van der Waals surface area contributed by atoms with Gasteiger partial charge < -0.3 is 19.7 Å². The van der Waals surface area contributed by atoms with Gasteiger partial charge in [-0.1, -0.05) is 0 Å². The molecule has 0 atom stereocenters. The minimum Gasteiger partial charge on any atom is -0.497 e. The van der Waals surface area contributed by atoms with Crippen LogP contribution in [0.25, 0.3) is 0 Å². The second kappa shape index (κ2) is 9.41. The van der Waals surface area contributed by atoms with Crippen molar-refractivity contribution in [2.24, 2.45) is 0 Å². The van der Waals surface area contributed by atoms with Crippen molar-refractivity contribution in [3.63, 3.8) is 0 Å². The summed E-state index contributed by atoms with van der Waals surface area (Å²) in [6, 6.07) is 8.87. The van der Waals surface area contributed by atoms with Crippen LogP contribution in [0.3, 0.4) is 0 Å². The van der Waals surface area contributed by atoms with Crippen LogP contribution in [-0.2, 0) is 16.0 Å². The number of nitrogens with zero attached hydrogens (tertiary/aromatic N) is 2. The quantitative estimate of drug-likeness (QED) is 0.732. The molecule has 1 aromatic carbocycles. The molecule has 2 amide bonds. The Hall–Kier alpha value is -3.09. The van der Waals surface area contributed by atoms with Crippen LogP contribution in [0.5, 0.6) is 11.5 Å². The summed E-state index contributed by atoms with van der Waals surface area (Å²) in [5.41, 5.74) is 1.55. The lowest BCUT2D eigenvalue weighted by Gasteiger charge is -2.17. The van der Waals surface area contributed by atoms with Crippen LogP contribution in [0.15, 0.2) is 42.7 Å². The zero-order chi connectivity index (χ0) is 18.9. The van der Waals surface area contributed by atoms with E-state index in [0.29, 0.717) is 30.2 Å². The molecule has 0 radical (unpaired) electrons. The van der Waals surface area contributed by atoms with Crippen molar-refractivity contribution in [2.75, 3.05) is 33.1 Å². The molecule has 1 N–H and O–H groups in total. The van der Waals surface area contributed by atoms with Crippen LogP contribution in [-0.4, -0.2) is 49.5 Å². The molecule has 1 aromatic heterocycles. The lowest BCUT2D eigenvalue weighted by atomic mass is 10.2. The highest BCUT2D eigenvalue weighted by Crippen LogP contribution is 2.28. The Kier molecular flexibility index (Phi) is 6.96. The van der Waals surface area contributed by atoms with Gasteiger partial charge in [-0.15, -0.1) is 0 Å². The molecule has 0 saturated carbocycles. The van der Waals surface area contributed by atoms with Gasteiger partial charge in [0.1, 0.15) is 17.9 Å². The zero-order valence-electron chi connectivity index (χ0n) is 15.2. The number of nitrogens with one attached hydrogen (secondary N) is 1. The number of hydrogen-bond donors (Lipinski definition) is 1. The number of ether oxygens (including phenoxy) is 2. The largest absolute Gasteiger partial charge is 0.497 e. The van der Waals surface area contributed by atoms with Crippen molar-refractivity contribution in [1.82, 2.24) is 9.88 Å². The number of benzene rings is 1. The Labute approximate surface area is 152 Å². The molecular formula is C19H23N3O4. The predicted molar refractivity (Wildman–Crippen MR) is 98.4 cm³/mol. The number of pyridine rings is 1. The highest BCUT2D eigenvalue weighted by Gasteiger charge is 2.16. The van der Waals surface area contributed by atoms with Crippen molar-refractivity contribution in [3.8, 4) is 11.5 Å². The first kappa shape index (κ1) is 19.2. The highest BCUT2D eigenvalue weighted by molar-refractivity contribution is 6.04. The molecule has 0 unspecified atom stereocenters. The Morgan fingerprint density at radius 3 is 2.50 bits per heavy atom. The van der Waals surface area contributed by atoms with Gasteiger partial charge in [-0.25, -0.2) is 0 Å². The first-order chi connectivity index (χ1) is 12.5. The van der Waals surface area contributed by atoms with Crippen molar-refractivity contribution >= 4 is 17.5 Å². The minimum atomic E-state index is -0.405. The van der Waals surface area contributed by atoms with Gasteiger partial charge in [-0.05, 0) is 36.2 Å². The molecule has 0 aliphatic rings. The van der Waals surface area contributed by atoms with Crippen LogP contribution < -0.4 is 14.8 Å². The van der Waals surface area contributed by atoms with E-state index < -0.39 is 5.91 Å². The first-order valence-corrected chi connectivity index (χ1v) is 8.18. The van der Waals surface area contributed by atoms with Gasteiger partial charge in [-0.3, -0.25) is 14.6 Å². The Morgan fingerprint density at radius 2 is 1.85 bits per heavy atom. The number of carbonyl (C=O) groups is 2. The number of rotatable bonds is 8. The van der Waals surface area contributed by atoms with E-state index in [2.05, 4.69) is 10.3 Å². The molecule has 0 aliphatic carbocycles. The lowest BCUT2D eigenvalue weighted by Crippen LogP contribution is -2.32. The molecule has 0 spiro atoms. The van der Waals surface area contributed by atoms with Crippen LogP contribution in [0, 0.1) is 0 Å². The molecule has 0 bridgehead atoms. The number of amides is 2. The van der Waals surface area contributed by atoms with Gasteiger partial charge >= 0.3 is 0 Å². The van der Waals surface area contributed by atoms with Crippen molar-refractivity contribution in [3.05, 3.63) is 48.3 Å². The topological polar surface area (TPSA) is 80.8 Å². The molecule has 26 heavy (non-hydrogen) atoms. The van der Waals surface area contributed by atoms with Crippen molar-refractivity contribution < 1.29 is 19.1 Å². The van der Waals surface area contributed by atoms with Gasteiger partial charge in [0.15, 0.2) is 0 Å². The third-order valence-corrected chi connectivity index (χ3v) is 3.90.